The predicted molar refractivity (Wildman–Crippen MR) is 211 cm³/mol. The topological polar surface area (TPSA) is 12.0 Å². The molecule has 0 saturated carbocycles. The largest absolute Gasteiger partial charge is 0.374 e. The van der Waals surface area contributed by atoms with Crippen LogP contribution in [0.4, 0.5) is 0 Å². The molecule has 246 valence electrons. The van der Waals surface area contributed by atoms with E-state index in [-0.39, 0.29) is 11.5 Å². The molecular formula is C47H53N. The molecule has 1 nitrogen and oxygen atoms in total. The van der Waals surface area contributed by atoms with Gasteiger partial charge in [-0.05, 0) is 95.1 Å². The Kier molecular flexibility index (Phi) is 13.8. The zero-order valence-electron chi connectivity index (χ0n) is 29.4. The van der Waals surface area contributed by atoms with Crippen LogP contribution in [0, 0.1) is 11.3 Å². The highest BCUT2D eigenvalue weighted by molar-refractivity contribution is 5.72. The van der Waals surface area contributed by atoms with Crippen LogP contribution in [0.1, 0.15) is 70.5 Å². The summed E-state index contributed by atoms with van der Waals surface area (Å²) in [6, 6.07) is 21.3. The first-order valence-corrected chi connectivity index (χ1v) is 17.3. The van der Waals surface area contributed by atoms with Crippen molar-refractivity contribution in [2.24, 2.45) is 11.3 Å². The van der Waals surface area contributed by atoms with E-state index in [4.69, 9.17) is 0 Å². The fraction of sp³-hybridized carbons (Fsp3) is 0.234. The molecule has 48 heavy (non-hydrogen) atoms. The van der Waals surface area contributed by atoms with Crippen LogP contribution < -0.4 is 5.32 Å². The molecule has 0 amide bonds. The number of rotatable bonds is 10. The maximum absolute atomic E-state index is 4.34. The van der Waals surface area contributed by atoms with Crippen LogP contribution in [0.2, 0.25) is 0 Å². The van der Waals surface area contributed by atoms with E-state index in [9.17, 15) is 0 Å². The van der Waals surface area contributed by atoms with Gasteiger partial charge in [0, 0.05) is 5.70 Å². The van der Waals surface area contributed by atoms with Crippen molar-refractivity contribution in [3.05, 3.63) is 210 Å². The molecule has 0 saturated heterocycles. The molecule has 2 aromatic carbocycles. The molecule has 0 spiro atoms. The molecule has 1 N–H and O–H groups in total. The zero-order valence-corrected chi connectivity index (χ0v) is 29.4. The second-order valence-corrected chi connectivity index (χ2v) is 13.3. The summed E-state index contributed by atoms with van der Waals surface area (Å²) in [6.45, 7) is 17.2. The van der Waals surface area contributed by atoms with Crippen molar-refractivity contribution >= 4 is 5.70 Å². The molecule has 1 heterocycles. The van der Waals surface area contributed by atoms with Gasteiger partial charge >= 0.3 is 0 Å². The van der Waals surface area contributed by atoms with Crippen molar-refractivity contribution in [3.8, 4) is 0 Å². The second-order valence-electron chi connectivity index (χ2n) is 13.3. The first-order chi connectivity index (χ1) is 23.3. The lowest BCUT2D eigenvalue weighted by Gasteiger charge is -2.26. The number of hydrogen-bond acceptors (Lipinski definition) is 1. The first kappa shape index (κ1) is 36.0. The van der Waals surface area contributed by atoms with Crippen molar-refractivity contribution in [1.29, 1.82) is 0 Å². The maximum Gasteiger partial charge on any atom is 0.0707 e. The lowest BCUT2D eigenvalue weighted by molar-refractivity contribution is 0.466. The van der Waals surface area contributed by atoms with Gasteiger partial charge in [0.25, 0.3) is 0 Å². The second kappa shape index (κ2) is 18.5. The summed E-state index contributed by atoms with van der Waals surface area (Å²) in [5.41, 5.74) is 9.77. The highest BCUT2D eigenvalue weighted by Gasteiger charge is 2.19. The molecule has 1 heteroatoms. The molecule has 0 fully saturated rings. The fourth-order valence-corrected chi connectivity index (χ4v) is 5.81. The molecule has 2 unspecified atom stereocenters. The van der Waals surface area contributed by atoms with Crippen molar-refractivity contribution in [1.82, 2.24) is 5.32 Å². The third-order valence-electron chi connectivity index (χ3n) is 8.92. The molecule has 2 atom stereocenters. The van der Waals surface area contributed by atoms with Gasteiger partial charge in [-0.15, -0.1) is 0 Å². The summed E-state index contributed by atoms with van der Waals surface area (Å²) in [6.07, 6.45) is 39.2. The van der Waals surface area contributed by atoms with E-state index in [0.717, 1.165) is 37.0 Å². The van der Waals surface area contributed by atoms with E-state index < -0.39 is 0 Å². The van der Waals surface area contributed by atoms with Gasteiger partial charge in [0.1, 0.15) is 0 Å². The van der Waals surface area contributed by atoms with Crippen LogP contribution in [0.5, 0.6) is 0 Å². The van der Waals surface area contributed by atoms with E-state index in [1.54, 1.807) is 0 Å². The fourth-order valence-electron chi connectivity index (χ4n) is 5.81. The monoisotopic (exact) mass is 631 g/mol. The Bertz CT molecular complexity index is 1690. The number of dihydropyridines is 1. The molecule has 2 aromatic rings. The summed E-state index contributed by atoms with van der Waals surface area (Å²) < 4.78 is 0. The minimum atomic E-state index is 0.0105. The Morgan fingerprint density at radius 3 is 2.42 bits per heavy atom. The third-order valence-corrected chi connectivity index (χ3v) is 8.92. The molecule has 0 bridgehead atoms. The Hall–Kier alpha value is -4.88. The van der Waals surface area contributed by atoms with Crippen LogP contribution in [-0.4, -0.2) is 0 Å². The average molecular weight is 632 g/mol. The van der Waals surface area contributed by atoms with Gasteiger partial charge in [-0.2, -0.15) is 0 Å². The summed E-state index contributed by atoms with van der Waals surface area (Å²) >= 11 is 0. The minimum absolute atomic E-state index is 0.0105. The normalized spacial score (nSPS) is 23.8. The summed E-state index contributed by atoms with van der Waals surface area (Å²) in [5, 5.41) is 3.76. The van der Waals surface area contributed by atoms with Crippen molar-refractivity contribution in [2.75, 3.05) is 0 Å². The van der Waals surface area contributed by atoms with E-state index in [2.05, 4.69) is 192 Å². The van der Waals surface area contributed by atoms with Gasteiger partial charge in [-0.25, -0.2) is 0 Å². The number of nitrogens with one attached hydrogen (secondary N) is 1. The van der Waals surface area contributed by atoms with Crippen molar-refractivity contribution < 1.29 is 0 Å². The van der Waals surface area contributed by atoms with Gasteiger partial charge < -0.3 is 5.32 Å². The third kappa shape index (κ3) is 11.1. The van der Waals surface area contributed by atoms with Gasteiger partial charge in [0.05, 0.1) is 6.04 Å². The maximum atomic E-state index is 4.34. The van der Waals surface area contributed by atoms with Crippen LogP contribution in [0.15, 0.2) is 199 Å². The van der Waals surface area contributed by atoms with Crippen LogP contribution >= 0.6 is 0 Å². The minimum Gasteiger partial charge on any atom is -0.374 e. The Labute approximate surface area is 291 Å². The van der Waals surface area contributed by atoms with Crippen molar-refractivity contribution in [2.45, 2.75) is 59.4 Å². The summed E-state index contributed by atoms with van der Waals surface area (Å²) in [5.74, 6) is 0.454. The van der Waals surface area contributed by atoms with Crippen LogP contribution in [0.3, 0.4) is 0 Å². The van der Waals surface area contributed by atoms with E-state index in [1.165, 1.54) is 33.4 Å². The highest BCUT2D eigenvalue weighted by Crippen LogP contribution is 2.32. The van der Waals surface area contributed by atoms with Crippen LogP contribution in [0.25, 0.3) is 5.70 Å². The standard InChI is InChI=1S/C47H53N/c1-7-9-23-39(31-32-40-25-20-33-47(5,6)38(4)22-14-10-13-21-37(3)34-40)24-19-30-41(8-2)44-35-45(42-26-15-11-16-27-42)48-46(36-44)43-28-17-12-18-29-43/h7-20,22-23,25-31,34-37,45,48H,1,4,21,24,32-33H2,2-3,5-6H3/b13-10-,22-14-,23-9-,25-20-,30-19-,39-31+,40-34+,41-8+. The first-order valence-electron chi connectivity index (χ1n) is 17.3. The van der Waals surface area contributed by atoms with E-state index in [0.29, 0.717) is 5.92 Å². The molecule has 2 aliphatic rings. The molecule has 1 aliphatic carbocycles. The SMILES string of the molecule is C=C/C=C\C(=C/CC1=C/C(C)C/C=C\C=C/C(=C)C(C)(C)C/C=C\1)C/C=C\C(=C/C)C1=CC(c2ccccc2)NC(c2ccccc2)=C1. The average Bonchev–Trinajstić information content (AvgIpc) is 3.11. The smallest absolute Gasteiger partial charge is 0.0707 e. The molecule has 0 aromatic heterocycles. The molecular weight excluding hydrogens is 579 g/mol. The zero-order chi connectivity index (χ0) is 34.2. The van der Waals surface area contributed by atoms with Crippen molar-refractivity contribution in [3.63, 3.8) is 0 Å². The molecule has 4 rings (SSSR count). The Morgan fingerprint density at radius 1 is 0.938 bits per heavy atom. The lowest BCUT2D eigenvalue weighted by Crippen LogP contribution is -2.22. The van der Waals surface area contributed by atoms with E-state index in [1.807, 2.05) is 12.2 Å². The van der Waals surface area contributed by atoms with E-state index >= 15 is 0 Å². The van der Waals surface area contributed by atoms with Gasteiger partial charge in [0.15, 0.2) is 0 Å². The van der Waals surface area contributed by atoms with Gasteiger partial charge in [0.2, 0.25) is 0 Å². The van der Waals surface area contributed by atoms with Gasteiger partial charge in [-0.1, -0.05) is 180 Å². The number of hydrogen-bond donors (Lipinski definition) is 1. The predicted octanol–water partition coefficient (Wildman–Crippen LogP) is 12.9. The molecule has 1 aliphatic heterocycles. The lowest BCUT2D eigenvalue weighted by atomic mass is 9.81. The molecule has 0 radical (unpaired) electrons. The number of benzene rings is 2. The Morgan fingerprint density at radius 2 is 1.69 bits per heavy atom. The van der Waals surface area contributed by atoms with Crippen LogP contribution in [-0.2, 0) is 0 Å². The summed E-state index contributed by atoms with van der Waals surface area (Å²) in [4.78, 5) is 0. The summed E-state index contributed by atoms with van der Waals surface area (Å²) in [7, 11) is 0. The Balaban J connectivity index is 1.56. The van der Waals surface area contributed by atoms with Gasteiger partial charge in [-0.3, -0.25) is 0 Å². The number of allylic oxidation sites excluding steroid dienone is 20. The highest BCUT2D eigenvalue weighted by atomic mass is 14.9. The quantitative estimate of drug-likeness (QED) is 0.257.